The number of benzene rings is 1. The topological polar surface area (TPSA) is 90.1 Å². The summed E-state index contributed by atoms with van der Waals surface area (Å²) in [7, 11) is 0. The largest absolute Gasteiger partial charge is 0.491 e. The smallest absolute Gasteiger partial charge is 0.229 e. The minimum atomic E-state index is -0.185. The molecular weight excluding hydrogens is 244 g/mol. The van der Waals surface area contributed by atoms with Crippen LogP contribution < -0.4 is 15.8 Å². The Labute approximate surface area is 110 Å². The first kappa shape index (κ1) is 12.8. The Bertz CT molecular complexity index is 545. The first-order valence-electron chi connectivity index (χ1n) is 5.80. The van der Waals surface area contributed by atoms with E-state index in [0.717, 1.165) is 0 Å². The minimum Gasteiger partial charge on any atom is -0.491 e. The van der Waals surface area contributed by atoms with Crippen molar-refractivity contribution in [3.63, 3.8) is 0 Å². The quantitative estimate of drug-likeness (QED) is 0.792. The van der Waals surface area contributed by atoms with Gasteiger partial charge in [0.05, 0.1) is 18.7 Å². The Morgan fingerprint density at radius 3 is 2.84 bits per heavy atom. The first-order chi connectivity index (χ1) is 9.25. The maximum absolute atomic E-state index is 11.6. The molecular formula is C13H14N4O2. The lowest BCUT2D eigenvalue weighted by Gasteiger charge is -2.08. The van der Waals surface area contributed by atoms with Crippen molar-refractivity contribution in [2.24, 2.45) is 0 Å². The average Bonchev–Trinajstić information content (AvgIpc) is 2.42. The molecule has 0 atom stereocenters. The lowest BCUT2D eigenvalue weighted by Crippen LogP contribution is -2.16. The van der Waals surface area contributed by atoms with Gasteiger partial charge in [-0.1, -0.05) is 12.1 Å². The van der Waals surface area contributed by atoms with Gasteiger partial charge in [-0.25, -0.2) is 0 Å². The number of carbonyl (C=O) groups is 1. The summed E-state index contributed by atoms with van der Waals surface area (Å²) in [5, 5.41) is 10.0. The second kappa shape index (κ2) is 6.34. The van der Waals surface area contributed by atoms with Crippen LogP contribution in [0.5, 0.6) is 5.75 Å². The lowest BCUT2D eigenvalue weighted by molar-refractivity contribution is -0.116. The lowest BCUT2D eigenvalue weighted by atomic mass is 10.3. The third-order valence-electron chi connectivity index (χ3n) is 2.35. The fourth-order valence-electron chi connectivity index (χ4n) is 1.44. The standard InChI is InChI=1S/C13H14N4O2/c14-10-4-1-2-5-11(10)19-9-7-13(18)16-12-6-3-8-15-17-12/h1-6,8H,7,9,14H2,(H,16,17,18). The van der Waals surface area contributed by atoms with Crippen LogP contribution in [0.15, 0.2) is 42.6 Å². The number of para-hydroxylation sites is 2. The second-order valence-electron chi connectivity index (χ2n) is 3.79. The number of anilines is 2. The highest BCUT2D eigenvalue weighted by molar-refractivity contribution is 5.89. The van der Waals surface area contributed by atoms with E-state index in [4.69, 9.17) is 10.5 Å². The van der Waals surface area contributed by atoms with Crippen LogP contribution >= 0.6 is 0 Å². The van der Waals surface area contributed by atoms with Crippen molar-refractivity contribution in [3.05, 3.63) is 42.6 Å². The molecule has 0 fully saturated rings. The number of nitrogens with zero attached hydrogens (tertiary/aromatic N) is 2. The van der Waals surface area contributed by atoms with E-state index in [0.29, 0.717) is 17.3 Å². The van der Waals surface area contributed by atoms with Crippen LogP contribution in [0, 0.1) is 0 Å². The second-order valence-corrected chi connectivity index (χ2v) is 3.79. The molecule has 1 amide bonds. The van der Waals surface area contributed by atoms with Gasteiger partial charge in [0.2, 0.25) is 5.91 Å². The van der Waals surface area contributed by atoms with Crippen LogP contribution in [-0.2, 0) is 4.79 Å². The minimum absolute atomic E-state index is 0.185. The van der Waals surface area contributed by atoms with Crippen molar-refractivity contribution in [2.75, 3.05) is 17.7 Å². The van der Waals surface area contributed by atoms with E-state index in [1.54, 1.807) is 24.3 Å². The Hall–Kier alpha value is -2.63. The number of nitrogen functional groups attached to an aromatic ring is 1. The Balaban J connectivity index is 1.77. The van der Waals surface area contributed by atoms with Crippen LogP contribution in [0.2, 0.25) is 0 Å². The maximum atomic E-state index is 11.6. The molecule has 1 heterocycles. The number of aromatic nitrogens is 2. The third kappa shape index (κ3) is 3.95. The third-order valence-corrected chi connectivity index (χ3v) is 2.35. The molecule has 6 heteroatoms. The summed E-state index contributed by atoms with van der Waals surface area (Å²) >= 11 is 0. The predicted octanol–water partition coefficient (Wildman–Crippen LogP) is 1.47. The number of carbonyl (C=O) groups excluding carboxylic acids is 1. The highest BCUT2D eigenvalue weighted by atomic mass is 16.5. The van der Waals surface area contributed by atoms with Crippen molar-refractivity contribution >= 4 is 17.4 Å². The molecule has 1 aromatic carbocycles. The SMILES string of the molecule is Nc1ccccc1OCCC(=O)Nc1cccnn1. The van der Waals surface area contributed by atoms with Crippen LogP contribution in [0.25, 0.3) is 0 Å². The molecule has 0 saturated heterocycles. The summed E-state index contributed by atoms with van der Waals surface area (Å²) < 4.78 is 5.42. The van der Waals surface area contributed by atoms with Crippen molar-refractivity contribution in [1.82, 2.24) is 10.2 Å². The number of nitrogens with two attached hydrogens (primary N) is 1. The van der Waals surface area contributed by atoms with Gasteiger partial charge in [-0.2, -0.15) is 5.10 Å². The highest BCUT2D eigenvalue weighted by Gasteiger charge is 2.04. The van der Waals surface area contributed by atoms with E-state index in [1.165, 1.54) is 6.20 Å². The normalized spacial score (nSPS) is 9.89. The molecule has 2 aromatic rings. The van der Waals surface area contributed by atoms with Crippen LogP contribution in [0.1, 0.15) is 6.42 Å². The molecule has 0 radical (unpaired) electrons. The van der Waals surface area contributed by atoms with E-state index >= 15 is 0 Å². The van der Waals surface area contributed by atoms with Gasteiger partial charge < -0.3 is 15.8 Å². The summed E-state index contributed by atoms with van der Waals surface area (Å²) in [5.74, 6) is 0.816. The van der Waals surface area contributed by atoms with Gasteiger partial charge in [0.1, 0.15) is 5.75 Å². The maximum Gasteiger partial charge on any atom is 0.229 e. The molecule has 0 saturated carbocycles. The molecule has 1 aromatic heterocycles. The van der Waals surface area contributed by atoms with E-state index in [-0.39, 0.29) is 18.9 Å². The van der Waals surface area contributed by atoms with Gasteiger partial charge in [0, 0.05) is 6.20 Å². The van der Waals surface area contributed by atoms with E-state index in [2.05, 4.69) is 15.5 Å². The molecule has 6 nitrogen and oxygen atoms in total. The molecule has 0 bridgehead atoms. The van der Waals surface area contributed by atoms with E-state index < -0.39 is 0 Å². The molecule has 0 aliphatic heterocycles. The Morgan fingerprint density at radius 1 is 1.26 bits per heavy atom. The highest BCUT2D eigenvalue weighted by Crippen LogP contribution is 2.19. The van der Waals surface area contributed by atoms with Gasteiger partial charge in [-0.15, -0.1) is 5.10 Å². The molecule has 19 heavy (non-hydrogen) atoms. The first-order valence-corrected chi connectivity index (χ1v) is 5.80. The average molecular weight is 258 g/mol. The van der Waals surface area contributed by atoms with Crippen LogP contribution in [0.4, 0.5) is 11.5 Å². The zero-order valence-electron chi connectivity index (χ0n) is 10.2. The van der Waals surface area contributed by atoms with Gasteiger partial charge in [-0.05, 0) is 24.3 Å². The van der Waals surface area contributed by atoms with Gasteiger partial charge in [0.25, 0.3) is 0 Å². The van der Waals surface area contributed by atoms with E-state index in [1.807, 2.05) is 12.1 Å². The number of hydrogen-bond acceptors (Lipinski definition) is 5. The molecule has 0 unspecified atom stereocenters. The summed E-state index contributed by atoms with van der Waals surface area (Å²) in [6, 6.07) is 10.5. The van der Waals surface area contributed by atoms with Crippen LogP contribution in [0.3, 0.4) is 0 Å². The molecule has 0 aliphatic carbocycles. The summed E-state index contributed by atoms with van der Waals surface area (Å²) in [6.45, 7) is 0.250. The van der Waals surface area contributed by atoms with Gasteiger partial charge in [0.15, 0.2) is 5.82 Å². The molecule has 2 rings (SSSR count). The van der Waals surface area contributed by atoms with E-state index in [9.17, 15) is 4.79 Å². The van der Waals surface area contributed by atoms with Gasteiger partial charge in [-0.3, -0.25) is 4.79 Å². The predicted molar refractivity (Wildman–Crippen MR) is 71.6 cm³/mol. The van der Waals surface area contributed by atoms with Crippen LogP contribution in [-0.4, -0.2) is 22.7 Å². The van der Waals surface area contributed by atoms with Gasteiger partial charge >= 0.3 is 0 Å². The number of nitrogens with one attached hydrogen (secondary N) is 1. The monoisotopic (exact) mass is 258 g/mol. The van der Waals surface area contributed by atoms with Crippen molar-refractivity contribution < 1.29 is 9.53 Å². The summed E-state index contributed by atoms with van der Waals surface area (Å²) in [6.07, 6.45) is 1.75. The number of amides is 1. The number of hydrogen-bond donors (Lipinski definition) is 2. The molecule has 0 spiro atoms. The Morgan fingerprint density at radius 2 is 2.11 bits per heavy atom. The molecule has 98 valence electrons. The zero-order valence-corrected chi connectivity index (χ0v) is 10.2. The fraction of sp³-hybridized carbons (Fsp3) is 0.154. The molecule has 0 aliphatic rings. The van der Waals surface area contributed by atoms with Crippen molar-refractivity contribution in [3.8, 4) is 5.75 Å². The van der Waals surface area contributed by atoms with Crippen molar-refractivity contribution in [2.45, 2.75) is 6.42 Å². The number of ether oxygens (including phenoxy) is 1. The molecule has 3 N–H and O–H groups in total. The zero-order chi connectivity index (χ0) is 13.5. The van der Waals surface area contributed by atoms with Crippen molar-refractivity contribution in [1.29, 1.82) is 0 Å². The Kier molecular flexibility index (Phi) is 4.28. The summed E-state index contributed by atoms with van der Waals surface area (Å²) in [4.78, 5) is 11.6. The summed E-state index contributed by atoms with van der Waals surface area (Å²) in [5.41, 5.74) is 6.27. The number of rotatable bonds is 5. The fourth-order valence-corrected chi connectivity index (χ4v) is 1.44.